The summed E-state index contributed by atoms with van der Waals surface area (Å²) in [6, 6.07) is 10.2. The number of rotatable bonds is 8. The highest BCUT2D eigenvalue weighted by molar-refractivity contribution is 7.92. The van der Waals surface area contributed by atoms with Crippen LogP contribution >= 0.6 is 11.6 Å². The molecule has 5 nitrogen and oxygen atoms in total. The van der Waals surface area contributed by atoms with Crippen LogP contribution in [0.3, 0.4) is 0 Å². The molecule has 0 bridgehead atoms. The van der Waals surface area contributed by atoms with Crippen molar-refractivity contribution in [2.45, 2.75) is 45.7 Å². The number of nitrogens with zero attached hydrogens (tertiary/aromatic N) is 1. The second kappa shape index (κ2) is 9.59. The van der Waals surface area contributed by atoms with E-state index < -0.39 is 27.8 Å². The molecule has 0 saturated carbocycles. The molecule has 29 heavy (non-hydrogen) atoms. The van der Waals surface area contributed by atoms with Crippen LogP contribution in [0.25, 0.3) is 0 Å². The Labute approximate surface area is 176 Å². The second-order valence-electron chi connectivity index (χ2n) is 6.91. The molecule has 0 radical (unpaired) electrons. The molecule has 2 atom stereocenters. The average Bonchev–Trinajstić information content (AvgIpc) is 2.67. The fraction of sp³-hybridized carbons (Fsp3) is 0.381. The van der Waals surface area contributed by atoms with Gasteiger partial charge in [-0.3, -0.25) is 9.10 Å². The van der Waals surface area contributed by atoms with E-state index in [1.807, 2.05) is 31.2 Å². The molecule has 2 aromatic rings. The highest BCUT2D eigenvalue weighted by Crippen LogP contribution is 2.27. The van der Waals surface area contributed by atoms with Crippen LogP contribution in [0, 0.1) is 5.82 Å². The van der Waals surface area contributed by atoms with Gasteiger partial charge in [-0.2, -0.15) is 0 Å². The molecule has 1 amide bonds. The number of halogens is 2. The zero-order chi connectivity index (χ0) is 21.8. The van der Waals surface area contributed by atoms with Gasteiger partial charge in [-0.25, -0.2) is 12.8 Å². The third-order valence-electron chi connectivity index (χ3n) is 4.73. The maximum Gasteiger partial charge on any atom is 0.244 e. The molecular formula is C21H26ClFN2O3S. The molecule has 1 N–H and O–H groups in total. The lowest BCUT2D eigenvalue weighted by molar-refractivity contribution is -0.122. The number of carbonyl (C=O) groups excluding carboxylic acids is 1. The zero-order valence-corrected chi connectivity index (χ0v) is 18.5. The standard InChI is InChI=1S/C21H26ClFN2O3S/c1-5-15-7-9-16(10-8-15)14(3)24-21(26)20(6-2)25(29(4,27)28)17-11-12-19(23)18(22)13-17/h7-14,20H,5-6H2,1-4H3,(H,24,26). The van der Waals surface area contributed by atoms with Crippen molar-refractivity contribution in [3.05, 3.63) is 64.4 Å². The van der Waals surface area contributed by atoms with E-state index >= 15 is 0 Å². The molecule has 0 saturated heterocycles. The fourth-order valence-corrected chi connectivity index (χ4v) is 4.50. The maximum absolute atomic E-state index is 13.5. The van der Waals surface area contributed by atoms with Crippen LogP contribution in [0.2, 0.25) is 5.02 Å². The first-order chi connectivity index (χ1) is 13.6. The lowest BCUT2D eigenvalue weighted by atomic mass is 10.0. The number of amides is 1. The van der Waals surface area contributed by atoms with Crippen LogP contribution in [0.5, 0.6) is 0 Å². The molecular weight excluding hydrogens is 415 g/mol. The van der Waals surface area contributed by atoms with Gasteiger partial charge in [0.25, 0.3) is 0 Å². The SMILES string of the molecule is CCc1ccc(C(C)NC(=O)C(CC)N(c2ccc(F)c(Cl)c2)S(C)(=O)=O)cc1. The molecule has 0 heterocycles. The van der Waals surface area contributed by atoms with Gasteiger partial charge in [0.1, 0.15) is 11.9 Å². The number of anilines is 1. The van der Waals surface area contributed by atoms with Crippen LogP contribution in [-0.4, -0.2) is 26.6 Å². The second-order valence-corrected chi connectivity index (χ2v) is 9.17. The van der Waals surface area contributed by atoms with Crippen molar-refractivity contribution in [3.63, 3.8) is 0 Å². The van der Waals surface area contributed by atoms with Crippen molar-refractivity contribution in [2.24, 2.45) is 0 Å². The van der Waals surface area contributed by atoms with Gasteiger partial charge in [0.05, 0.1) is 23.0 Å². The van der Waals surface area contributed by atoms with Gasteiger partial charge in [-0.1, -0.05) is 49.7 Å². The summed E-state index contributed by atoms with van der Waals surface area (Å²) in [7, 11) is -3.82. The van der Waals surface area contributed by atoms with Gasteiger partial charge >= 0.3 is 0 Å². The molecule has 0 aliphatic carbocycles. The Morgan fingerprint density at radius 2 is 1.79 bits per heavy atom. The van der Waals surface area contributed by atoms with Gasteiger partial charge in [-0.05, 0) is 49.1 Å². The monoisotopic (exact) mass is 440 g/mol. The van der Waals surface area contributed by atoms with E-state index in [0.29, 0.717) is 0 Å². The van der Waals surface area contributed by atoms with E-state index in [1.165, 1.54) is 17.7 Å². The van der Waals surface area contributed by atoms with E-state index in [4.69, 9.17) is 11.6 Å². The van der Waals surface area contributed by atoms with E-state index in [2.05, 4.69) is 12.2 Å². The molecule has 0 aliphatic rings. The summed E-state index contributed by atoms with van der Waals surface area (Å²) in [4.78, 5) is 13.0. The Bertz CT molecular complexity index is 964. The summed E-state index contributed by atoms with van der Waals surface area (Å²) < 4.78 is 39.5. The Hall–Kier alpha value is -2.12. The normalized spacial score (nSPS) is 13.6. The number of hydrogen-bond donors (Lipinski definition) is 1. The first-order valence-electron chi connectivity index (χ1n) is 9.42. The Balaban J connectivity index is 2.30. The lowest BCUT2D eigenvalue weighted by Crippen LogP contribution is -2.49. The smallest absolute Gasteiger partial charge is 0.244 e. The molecule has 2 rings (SSSR count). The Morgan fingerprint density at radius 3 is 2.28 bits per heavy atom. The maximum atomic E-state index is 13.5. The lowest BCUT2D eigenvalue weighted by Gasteiger charge is -2.31. The van der Waals surface area contributed by atoms with Gasteiger partial charge in [-0.15, -0.1) is 0 Å². The highest BCUT2D eigenvalue weighted by atomic mass is 35.5. The number of hydrogen-bond acceptors (Lipinski definition) is 3. The fourth-order valence-electron chi connectivity index (χ4n) is 3.12. The van der Waals surface area contributed by atoms with Crippen molar-refractivity contribution < 1.29 is 17.6 Å². The van der Waals surface area contributed by atoms with Crippen molar-refractivity contribution in [2.75, 3.05) is 10.6 Å². The summed E-state index contributed by atoms with van der Waals surface area (Å²) in [5.41, 5.74) is 2.25. The van der Waals surface area contributed by atoms with Crippen molar-refractivity contribution >= 4 is 33.2 Å². The Kier molecular flexibility index (Phi) is 7.66. The van der Waals surface area contributed by atoms with Crippen LogP contribution in [0.1, 0.15) is 44.4 Å². The van der Waals surface area contributed by atoms with E-state index in [-0.39, 0.29) is 23.2 Å². The van der Waals surface area contributed by atoms with Crippen LogP contribution < -0.4 is 9.62 Å². The minimum Gasteiger partial charge on any atom is -0.348 e. The highest BCUT2D eigenvalue weighted by Gasteiger charge is 2.32. The third-order valence-corrected chi connectivity index (χ3v) is 6.20. The summed E-state index contributed by atoms with van der Waals surface area (Å²) >= 11 is 5.83. The predicted molar refractivity (Wildman–Crippen MR) is 115 cm³/mol. The predicted octanol–water partition coefficient (Wildman–Crippen LogP) is 4.46. The number of sulfonamides is 1. The number of carbonyl (C=O) groups is 1. The van der Waals surface area contributed by atoms with Crippen LogP contribution in [-0.2, 0) is 21.2 Å². The first-order valence-corrected chi connectivity index (χ1v) is 11.6. The quantitative estimate of drug-likeness (QED) is 0.658. The Morgan fingerprint density at radius 1 is 1.17 bits per heavy atom. The number of nitrogens with one attached hydrogen (secondary N) is 1. The molecule has 0 spiro atoms. The topological polar surface area (TPSA) is 66.5 Å². The minimum atomic E-state index is -3.82. The zero-order valence-electron chi connectivity index (χ0n) is 16.9. The van der Waals surface area contributed by atoms with Gasteiger partial charge in [0.15, 0.2) is 0 Å². The molecule has 8 heteroatoms. The van der Waals surface area contributed by atoms with Crippen molar-refractivity contribution in [3.8, 4) is 0 Å². The van der Waals surface area contributed by atoms with E-state index in [1.54, 1.807) is 6.92 Å². The van der Waals surface area contributed by atoms with E-state index in [9.17, 15) is 17.6 Å². The van der Waals surface area contributed by atoms with Gasteiger partial charge in [0, 0.05) is 0 Å². The third kappa shape index (κ3) is 5.70. The van der Waals surface area contributed by atoms with Crippen LogP contribution in [0.4, 0.5) is 10.1 Å². The number of aryl methyl sites for hydroxylation is 1. The van der Waals surface area contributed by atoms with Gasteiger partial charge < -0.3 is 5.32 Å². The number of benzene rings is 2. The van der Waals surface area contributed by atoms with E-state index in [0.717, 1.165) is 28.6 Å². The summed E-state index contributed by atoms with van der Waals surface area (Å²) in [5.74, 6) is -1.10. The molecule has 2 aromatic carbocycles. The molecule has 158 valence electrons. The average molecular weight is 441 g/mol. The molecule has 2 unspecified atom stereocenters. The summed E-state index contributed by atoms with van der Waals surface area (Å²) in [6.07, 6.45) is 2.16. The van der Waals surface area contributed by atoms with Crippen LogP contribution in [0.15, 0.2) is 42.5 Å². The molecule has 0 fully saturated rings. The van der Waals surface area contributed by atoms with Crippen molar-refractivity contribution in [1.82, 2.24) is 5.32 Å². The molecule has 0 aromatic heterocycles. The van der Waals surface area contributed by atoms with Crippen molar-refractivity contribution in [1.29, 1.82) is 0 Å². The summed E-state index contributed by atoms with van der Waals surface area (Å²) in [6.45, 7) is 5.62. The minimum absolute atomic E-state index is 0.140. The largest absolute Gasteiger partial charge is 0.348 e. The van der Waals surface area contributed by atoms with Gasteiger partial charge in [0.2, 0.25) is 15.9 Å². The summed E-state index contributed by atoms with van der Waals surface area (Å²) in [5, 5.41) is 2.67. The first kappa shape index (κ1) is 23.2. The molecule has 0 aliphatic heterocycles.